The van der Waals surface area contributed by atoms with Crippen molar-refractivity contribution < 1.29 is 0 Å². The van der Waals surface area contributed by atoms with Crippen molar-refractivity contribution >= 4 is 23.0 Å². The van der Waals surface area contributed by atoms with E-state index in [2.05, 4.69) is 55.1 Å². The molecule has 21 heavy (non-hydrogen) atoms. The van der Waals surface area contributed by atoms with Crippen LogP contribution in [-0.2, 0) is 0 Å². The normalized spacial score (nSPS) is 13.2. The Morgan fingerprint density at radius 2 is 2.10 bits per heavy atom. The molecule has 1 aromatic carbocycles. The summed E-state index contributed by atoms with van der Waals surface area (Å²) in [6.45, 7) is 8.99. The van der Waals surface area contributed by atoms with Crippen LogP contribution in [0.2, 0.25) is 0 Å². The minimum Gasteiger partial charge on any atom is -0.370 e. The molecule has 1 aromatic heterocycles. The Balaban J connectivity index is 1.96. The predicted molar refractivity (Wildman–Crippen MR) is 91.3 cm³/mol. The Hall–Kier alpha value is -1.88. The molecule has 0 radical (unpaired) electrons. The maximum atomic E-state index is 5.95. The van der Waals surface area contributed by atoms with E-state index in [9.17, 15) is 0 Å². The summed E-state index contributed by atoms with van der Waals surface area (Å²) < 4.78 is 0. The van der Waals surface area contributed by atoms with Crippen molar-refractivity contribution in [3.8, 4) is 0 Å². The molecule has 1 atom stereocenters. The monoisotopic (exact) mass is 302 g/mol. The number of hydrogen-bond donors (Lipinski definition) is 2. The number of aromatic nitrogens is 1. The van der Waals surface area contributed by atoms with Gasteiger partial charge in [0, 0.05) is 22.7 Å². The number of thiazole rings is 1. The van der Waals surface area contributed by atoms with Gasteiger partial charge in [-0.05, 0) is 44.0 Å². The molecule has 2 aromatic rings. The van der Waals surface area contributed by atoms with E-state index in [-0.39, 0.29) is 5.92 Å². The zero-order chi connectivity index (χ0) is 15.4. The third-order valence-electron chi connectivity index (χ3n) is 3.38. The Bertz CT molecular complexity index is 645. The minimum absolute atomic E-state index is 0.281. The maximum Gasteiger partial charge on any atom is 0.193 e. The van der Waals surface area contributed by atoms with E-state index in [1.807, 2.05) is 12.3 Å². The topological polar surface area (TPSA) is 63.3 Å². The summed E-state index contributed by atoms with van der Waals surface area (Å²) >= 11 is 1.71. The minimum atomic E-state index is 0.281. The SMILES string of the molecule is Cc1cnc(C(C)CN=C(N)Nc2ccc(C)c(C)c2)s1. The smallest absolute Gasteiger partial charge is 0.193 e. The second-order valence-corrected chi connectivity index (χ2v) is 6.63. The molecule has 3 N–H and O–H groups in total. The first-order valence-corrected chi connectivity index (χ1v) is 7.84. The summed E-state index contributed by atoms with van der Waals surface area (Å²) in [4.78, 5) is 10.0. The Labute approximate surface area is 130 Å². The van der Waals surface area contributed by atoms with Crippen LogP contribution < -0.4 is 11.1 Å². The van der Waals surface area contributed by atoms with Crippen molar-refractivity contribution in [2.24, 2.45) is 10.7 Å². The van der Waals surface area contributed by atoms with Crippen molar-refractivity contribution in [2.75, 3.05) is 11.9 Å². The first kappa shape index (κ1) is 15.5. The Kier molecular flexibility index (Phi) is 4.96. The van der Waals surface area contributed by atoms with Crippen LogP contribution in [0.25, 0.3) is 0 Å². The van der Waals surface area contributed by atoms with E-state index in [4.69, 9.17) is 5.73 Å². The molecule has 5 heteroatoms. The zero-order valence-corrected chi connectivity index (χ0v) is 13.8. The lowest BCUT2D eigenvalue weighted by molar-refractivity contribution is 0.766. The fraction of sp³-hybridized carbons (Fsp3) is 0.375. The van der Waals surface area contributed by atoms with Crippen LogP contribution in [0.3, 0.4) is 0 Å². The fourth-order valence-corrected chi connectivity index (χ4v) is 2.74. The van der Waals surface area contributed by atoms with E-state index in [0.29, 0.717) is 12.5 Å². The van der Waals surface area contributed by atoms with Gasteiger partial charge in [0.15, 0.2) is 5.96 Å². The summed E-state index contributed by atoms with van der Waals surface area (Å²) in [5, 5.41) is 4.24. The van der Waals surface area contributed by atoms with Crippen LogP contribution in [0.5, 0.6) is 0 Å². The number of anilines is 1. The predicted octanol–water partition coefficient (Wildman–Crippen LogP) is 3.60. The highest BCUT2D eigenvalue weighted by Gasteiger charge is 2.09. The molecule has 0 aliphatic heterocycles. The summed E-state index contributed by atoms with van der Waals surface area (Å²) in [7, 11) is 0. The van der Waals surface area contributed by atoms with Crippen LogP contribution in [-0.4, -0.2) is 17.5 Å². The summed E-state index contributed by atoms with van der Waals surface area (Å²) in [5.74, 6) is 0.724. The van der Waals surface area contributed by atoms with Crippen LogP contribution in [0, 0.1) is 20.8 Å². The molecule has 1 unspecified atom stereocenters. The van der Waals surface area contributed by atoms with Gasteiger partial charge >= 0.3 is 0 Å². The lowest BCUT2D eigenvalue weighted by Crippen LogP contribution is -2.23. The van der Waals surface area contributed by atoms with Gasteiger partial charge in [0.2, 0.25) is 0 Å². The number of nitrogens with zero attached hydrogens (tertiary/aromatic N) is 2. The average molecular weight is 302 g/mol. The van der Waals surface area contributed by atoms with E-state index in [1.165, 1.54) is 16.0 Å². The molecule has 0 bridgehead atoms. The molecular formula is C16H22N4S. The van der Waals surface area contributed by atoms with Crippen LogP contribution in [0.1, 0.15) is 33.9 Å². The van der Waals surface area contributed by atoms with Gasteiger partial charge in [-0.25, -0.2) is 4.98 Å². The number of hydrogen-bond acceptors (Lipinski definition) is 3. The molecule has 4 nitrogen and oxygen atoms in total. The molecule has 0 aliphatic carbocycles. The number of guanidine groups is 1. The molecule has 112 valence electrons. The van der Waals surface area contributed by atoms with Gasteiger partial charge in [-0.2, -0.15) is 0 Å². The highest BCUT2D eigenvalue weighted by atomic mass is 32.1. The number of nitrogens with two attached hydrogens (primary N) is 1. The van der Waals surface area contributed by atoms with Gasteiger partial charge in [0.1, 0.15) is 0 Å². The first-order valence-electron chi connectivity index (χ1n) is 7.02. The molecule has 0 saturated heterocycles. The zero-order valence-electron chi connectivity index (χ0n) is 13.0. The molecular weight excluding hydrogens is 280 g/mol. The highest BCUT2D eigenvalue weighted by Crippen LogP contribution is 2.21. The third kappa shape index (κ3) is 4.29. The average Bonchev–Trinajstić information content (AvgIpc) is 2.87. The van der Waals surface area contributed by atoms with Crippen molar-refractivity contribution in [1.82, 2.24) is 4.98 Å². The van der Waals surface area contributed by atoms with Crippen molar-refractivity contribution in [3.05, 3.63) is 45.4 Å². The van der Waals surface area contributed by atoms with E-state index >= 15 is 0 Å². The fourth-order valence-electron chi connectivity index (χ4n) is 1.92. The molecule has 2 rings (SSSR count). The van der Waals surface area contributed by atoms with Crippen molar-refractivity contribution in [2.45, 2.75) is 33.6 Å². The quantitative estimate of drug-likeness (QED) is 0.670. The first-order chi connectivity index (χ1) is 9.95. The van der Waals surface area contributed by atoms with Gasteiger partial charge in [-0.1, -0.05) is 13.0 Å². The molecule has 0 amide bonds. The molecule has 0 fully saturated rings. The summed E-state index contributed by atoms with van der Waals surface area (Å²) in [6, 6.07) is 6.16. The Morgan fingerprint density at radius 1 is 1.33 bits per heavy atom. The highest BCUT2D eigenvalue weighted by molar-refractivity contribution is 7.11. The molecule has 0 spiro atoms. The van der Waals surface area contributed by atoms with Crippen molar-refractivity contribution in [3.63, 3.8) is 0 Å². The van der Waals surface area contributed by atoms with E-state index in [1.54, 1.807) is 11.3 Å². The van der Waals surface area contributed by atoms with Gasteiger partial charge in [-0.3, -0.25) is 4.99 Å². The molecule has 1 heterocycles. The number of nitrogens with one attached hydrogen (secondary N) is 1. The van der Waals surface area contributed by atoms with Gasteiger partial charge in [0.25, 0.3) is 0 Å². The molecule has 0 aliphatic rings. The third-order valence-corrected chi connectivity index (χ3v) is 4.52. The lowest BCUT2D eigenvalue weighted by Gasteiger charge is -2.09. The standard InChI is InChI=1S/C16H22N4S/c1-10-5-6-14(7-11(10)2)20-16(17)19-8-12(3)15-18-9-13(4)21-15/h5-7,9,12H,8H2,1-4H3,(H3,17,19,20). The largest absolute Gasteiger partial charge is 0.370 e. The number of aryl methyl sites for hydroxylation is 3. The van der Waals surface area contributed by atoms with Crippen LogP contribution >= 0.6 is 11.3 Å². The van der Waals surface area contributed by atoms with Gasteiger partial charge in [-0.15, -0.1) is 11.3 Å². The van der Waals surface area contributed by atoms with E-state index < -0.39 is 0 Å². The number of aliphatic imine (C=N–C) groups is 1. The Morgan fingerprint density at radius 3 is 2.71 bits per heavy atom. The second kappa shape index (κ2) is 6.72. The summed E-state index contributed by atoms with van der Waals surface area (Å²) in [5.41, 5.74) is 9.42. The second-order valence-electron chi connectivity index (χ2n) is 5.36. The number of rotatable bonds is 4. The van der Waals surface area contributed by atoms with E-state index in [0.717, 1.165) is 10.7 Å². The van der Waals surface area contributed by atoms with Gasteiger partial charge < -0.3 is 11.1 Å². The van der Waals surface area contributed by atoms with Gasteiger partial charge in [0.05, 0.1) is 11.6 Å². The maximum absolute atomic E-state index is 5.95. The number of benzene rings is 1. The molecule has 0 saturated carbocycles. The lowest BCUT2D eigenvalue weighted by atomic mass is 10.1. The van der Waals surface area contributed by atoms with Crippen molar-refractivity contribution in [1.29, 1.82) is 0 Å². The van der Waals surface area contributed by atoms with Crippen LogP contribution in [0.15, 0.2) is 29.4 Å². The van der Waals surface area contributed by atoms with Crippen LogP contribution in [0.4, 0.5) is 5.69 Å². The summed E-state index contributed by atoms with van der Waals surface area (Å²) in [6.07, 6.45) is 1.90.